The minimum Gasteiger partial charge on any atom is -0.485 e. The van der Waals surface area contributed by atoms with Crippen LogP contribution < -0.4 is 15.9 Å². The Hall–Kier alpha value is -2.22. The summed E-state index contributed by atoms with van der Waals surface area (Å²) in [5.74, 6) is 7.81. The molecular formula is C21H33N5O2S. The third-order valence-electron chi connectivity index (χ3n) is 4.64. The van der Waals surface area contributed by atoms with Gasteiger partial charge in [0.2, 0.25) is 11.1 Å². The highest BCUT2D eigenvalue weighted by atomic mass is 32.2. The number of benzene rings is 1. The molecule has 0 aliphatic carbocycles. The molecule has 2 atom stereocenters. The highest BCUT2D eigenvalue weighted by Gasteiger charge is 2.21. The van der Waals surface area contributed by atoms with Gasteiger partial charge in [0.25, 0.3) is 0 Å². The van der Waals surface area contributed by atoms with Crippen LogP contribution in [0.1, 0.15) is 70.3 Å². The summed E-state index contributed by atoms with van der Waals surface area (Å²) in [7, 11) is 0. The van der Waals surface area contributed by atoms with Crippen LogP contribution >= 0.6 is 11.8 Å². The Morgan fingerprint density at radius 1 is 1.28 bits per heavy atom. The van der Waals surface area contributed by atoms with Crippen molar-refractivity contribution in [2.24, 2.45) is 0 Å². The molecular weight excluding hydrogens is 386 g/mol. The molecule has 1 aromatic carbocycles. The fourth-order valence-electron chi connectivity index (χ4n) is 2.95. The van der Waals surface area contributed by atoms with Crippen LogP contribution in [0.25, 0.3) is 0 Å². The van der Waals surface area contributed by atoms with Gasteiger partial charge >= 0.3 is 0 Å². The summed E-state index contributed by atoms with van der Waals surface area (Å²) < 4.78 is 7.40. The molecule has 0 aliphatic rings. The van der Waals surface area contributed by atoms with Crippen LogP contribution in [0.15, 0.2) is 23.4 Å². The summed E-state index contributed by atoms with van der Waals surface area (Å²) in [4.78, 5) is 12.3. The Morgan fingerprint density at radius 2 is 2.00 bits per heavy atom. The summed E-state index contributed by atoms with van der Waals surface area (Å²) >= 11 is 1.29. The molecule has 1 aromatic heterocycles. The summed E-state index contributed by atoms with van der Waals surface area (Å²) in [5.41, 5.74) is 2.27. The minimum absolute atomic E-state index is 0.0296. The van der Waals surface area contributed by atoms with Gasteiger partial charge in [-0.15, -0.1) is 10.2 Å². The number of rotatable bonds is 10. The van der Waals surface area contributed by atoms with E-state index in [-0.39, 0.29) is 23.8 Å². The molecule has 3 N–H and O–H groups in total. The Morgan fingerprint density at radius 3 is 2.66 bits per heavy atom. The van der Waals surface area contributed by atoms with Crippen LogP contribution in [0.5, 0.6) is 5.75 Å². The van der Waals surface area contributed by atoms with E-state index in [4.69, 9.17) is 10.6 Å². The molecule has 1 heterocycles. The van der Waals surface area contributed by atoms with Gasteiger partial charge in [0.05, 0.1) is 5.25 Å². The first-order valence-electron chi connectivity index (χ1n) is 10.1. The number of aromatic nitrogens is 3. The number of aryl methyl sites for hydroxylation is 1. The molecule has 0 spiro atoms. The van der Waals surface area contributed by atoms with Crippen LogP contribution in [0.3, 0.4) is 0 Å². The molecule has 2 rings (SSSR count). The van der Waals surface area contributed by atoms with Gasteiger partial charge in [-0.25, -0.2) is 4.68 Å². The van der Waals surface area contributed by atoms with E-state index in [0.717, 1.165) is 29.7 Å². The van der Waals surface area contributed by atoms with Crippen molar-refractivity contribution in [3.63, 3.8) is 0 Å². The molecule has 0 bridgehead atoms. The number of carbonyl (C=O) groups excluding carboxylic acids is 1. The number of amides is 1. The Bertz CT molecular complexity index is 821. The topological polar surface area (TPSA) is 95.1 Å². The molecule has 0 fully saturated rings. The predicted octanol–water partition coefficient (Wildman–Crippen LogP) is 3.79. The normalized spacial score (nSPS) is 13.3. The van der Waals surface area contributed by atoms with Crippen molar-refractivity contribution in [2.75, 3.05) is 5.84 Å². The molecule has 29 heavy (non-hydrogen) atoms. The fraction of sp³-hybridized carbons (Fsp3) is 0.571. The highest BCUT2D eigenvalue weighted by molar-refractivity contribution is 8.00. The van der Waals surface area contributed by atoms with Crippen LogP contribution in [0, 0.1) is 6.92 Å². The Kier molecular flexibility index (Phi) is 8.37. The molecule has 0 saturated carbocycles. The molecule has 7 nitrogen and oxygen atoms in total. The number of nitrogens with one attached hydrogen (secondary N) is 1. The number of nitrogens with two attached hydrogens (primary N) is 1. The summed E-state index contributed by atoms with van der Waals surface area (Å²) in [6.07, 6.45) is 1.98. The molecule has 160 valence electrons. The maximum absolute atomic E-state index is 12.3. The first kappa shape index (κ1) is 23.1. The molecule has 2 unspecified atom stereocenters. The third-order valence-corrected chi connectivity index (χ3v) is 5.70. The van der Waals surface area contributed by atoms with Crippen molar-refractivity contribution >= 4 is 17.7 Å². The van der Waals surface area contributed by atoms with Crippen molar-refractivity contribution < 1.29 is 9.53 Å². The number of nitrogen functional groups attached to an aromatic ring is 1. The zero-order valence-corrected chi connectivity index (χ0v) is 19.0. The fourth-order valence-corrected chi connectivity index (χ4v) is 3.75. The summed E-state index contributed by atoms with van der Waals surface area (Å²) in [6.45, 7) is 12.5. The molecule has 0 radical (unpaired) electrons. The number of ether oxygens (including phenoxy) is 1. The maximum atomic E-state index is 12.3. The maximum Gasteiger partial charge on any atom is 0.233 e. The predicted molar refractivity (Wildman–Crippen MR) is 118 cm³/mol. The number of hydrogen-bond acceptors (Lipinski definition) is 6. The quantitative estimate of drug-likeness (QED) is 0.449. The molecule has 1 amide bonds. The SMILES string of the molecule is CCCC(C)NC(=O)C(C)Sc1nnc(COc2cc(C)ccc2C(C)C)n1N. The average Bonchev–Trinajstić information content (AvgIpc) is 2.99. The van der Waals surface area contributed by atoms with Crippen LogP contribution in [-0.2, 0) is 11.4 Å². The molecule has 2 aromatic rings. The Balaban J connectivity index is 2.01. The first-order chi connectivity index (χ1) is 13.7. The van der Waals surface area contributed by atoms with Gasteiger partial charge in [-0.3, -0.25) is 4.79 Å². The van der Waals surface area contributed by atoms with Crippen molar-refractivity contribution in [1.82, 2.24) is 20.2 Å². The summed E-state index contributed by atoms with van der Waals surface area (Å²) in [6, 6.07) is 6.34. The van der Waals surface area contributed by atoms with E-state index < -0.39 is 0 Å². The van der Waals surface area contributed by atoms with Gasteiger partial charge in [0.1, 0.15) is 12.4 Å². The van der Waals surface area contributed by atoms with E-state index >= 15 is 0 Å². The van der Waals surface area contributed by atoms with Gasteiger partial charge in [-0.2, -0.15) is 0 Å². The van der Waals surface area contributed by atoms with E-state index in [1.54, 1.807) is 0 Å². The van der Waals surface area contributed by atoms with Gasteiger partial charge < -0.3 is 15.9 Å². The number of carbonyl (C=O) groups is 1. The van der Waals surface area contributed by atoms with Crippen LogP contribution in [0.4, 0.5) is 0 Å². The van der Waals surface area contributed by atoms with Crippen molar-refractivity contribution in [3.8, 4) is 5.75 Å². The van der Waals surface area contributed by atoms with Crippen LogP contribution in [0.2, 0.25) is 0 Å². The summed E-state index contributed by atoms with van der Waals surface area (Å²) in [5, 5.41) is 11.5. The first-order valence-corrected chi connectivity index (χ1v) is 11.0. The monoisotopic (exact) mass is 419 g/mol. The van der Waals surface area contributed by atoms with Gasteiger partial charge in [-0.1, -0.05) is 51.1 Å². The van der Waals surface area contributed by atoms with Gasteiger partial charge in [0, 0.05) is 6.04 Å². The smallest absolute Gasteiger partial charge is 0.233 e. The number of thioether (sulfide) groups is 1. The largest absolute Gasteiger partial charge is 0.485 e. The lowest BCUT2D eigenvalue weighted by atomic mass is 10.0. The minimum atomic E-state index is -0.320. The zero-order chi connectivity index (χ0) is 21.6. The molecule has 0 saturated heterocycles. The number of hydrogen-bond donors (Lipinski definition) is 2. The molecule has 0 aliphatic heterocycles. The highest BCUT2D eigenvalue weighted by Crippen LogP contribution is 2.28. The standard InChI is InChI=1S/C21H33N5O2S/c1-7-8-15(5)23-20(27)16(6)29-21-25-24-19(26(21)22)12-28-18-11-14(4)9-10-17(18)13(2)3/h9-11,13,15-16H,7-8,12,22H2,1-6H3,(H,23,27). The van der Waals surface area contributed by atoms with E-state index in [1.165, 1.54) is 16.4 Å². The third kappa shape index (κ3) is 6.39. The lowest BCUT2D eigenvalue weighted by molar-refractivity contribution is -0.120. The van der Waals surface area contributed by atoms with Gasteiger partial charge in [-0.05, 0) is 50.3 Å². The van der Waals surface area contributed by atoms with Crippen molar-refractivity contribution in [2.45, 2.75) is 83.4 Å². The van der Waals surface area contributed by atoms with Crippen LogP contribution in [-0.4, -0.2) is 32.1 Å². The van der Waals surface area contributed by atoms with Crippen molar-refractivity contribution in [1.29, 1.82) is 0 Å². The Labute approximate surface area is 177 Å². The van der Waals surface area contributed by atoms with E-state index in [0.29, 0.717) is 16.9 Å². The second-order valence-corrected chi connectivity index (χ2v) is 9.02. The van der Waals surface area contributed by atoms with Crippen molar-refractivity contribution in [3.05, 3.63) is 35.2 Å². The second-order valence-electron chi connectivity index (χ2n) is 7.71. The molecule has 8 heteroatoms. The van der Waals surface area contributed by atoms with E-state index in [1.807, 2.05) is 26.8 Å². The zero-order valence-electron chi connectivity index (χ0n) is 18.2. The van der Waals surface area contributed by atoms with E-state index in [2.05, 4.69) is 48.4 Å². The lowest BCUT2D eigenvalue weighted by Crippen LogP contribution is -2.37. The van der Waals surface area contributed by atoms with E-state index in [9.17, 15) is 4.79 Å². The second kappa shape index (κ2) is 10.5. The number of nitrogens with zero attached hydrogens (tertiary/aromatic N) is 3. The van der Waals surface area contributed by atoms with Gasteiger partial charge in [0.15, 0.2) is 5.82 Å². The average molecular weight is 420 g/mol. The lowest BCUT2D eigenvalue weighted by Gasteiger charge is -2.16.